The van der Waals surface area contributed by atoms with Crippen LogP contribution in [0.3, 0.4) is 0 Å². The zero-order valence-electron chi connectivity index (χ0n) is 8.26. The quantitative estimate of drug-likeness (QED) is 0.434. The Kier molecular flexibility index (Phi) is 7.87. The van der Waals surface area contributed by atoms with Gasteiger partial charge in [-0.15, -0.1) is 0 Å². The Hall–Kier alpha value is -0.300. The summed E-state index contributed by atoms with van der Waals surface area (Å²) < 4.78 is 33.1. The van der Waals surface area contributed by atoms with Crippen LogP contribution in [-0.2, 0) is 9.47 Å². The summed E-state index contributed by atoms with van der Waals surface area (Å²) in [6.07, 6.45) is -2.80. The van der Waals surface area contributed by atoms with Gasteiger partial charge in [-0.2, -0.15) is 8.78 Å². The molecule has 0 aromatic rings. The lowest BCUT2D eigenvalue weighted by atomic mass is 10.5. The van der Waals surface area contributed by atoms with Crippen LogP contribution in [0.1, 0.15) is 13.3 Å². The molecule has 0 aliphatic heterocycles. The second-order valence-corrected chi connectivity index (χ2v) is 2.77. The van der Waals surface area contributed by atoms with Crippen molar-refractivity contribution in [3.05, 3.63) is 0 Å². The van der Waals surface area contributed by atoms with Crippen LogP contribution in [-0.4, -0.2) is 44.3 Å². The maximum Gasteiger partial charge on any atom is 0.376 e. The Labute approximate surface area is 82.2 Å². The minimum atomic E-state index is -3.75. The van der Waals surface area contributed by atoms with Crippen LogP contribution in [0.5, 0.6) is 0 Å². The SMILES string of the molecule is CCCOCCNCOCC(O)(F)F. The smallest absolute Gasteiger partial charge is 0.376 e. The highest BCUT2D eigenvalue weighted by molar-refractivity contribution is 4.44. The third kappa shape index (κ3) is 11.7. The van der Waals surface area contributed by atoms with Crippen LogP contribution in [0.2, 0.25) is 0 Å². The van der Waals surface area contributed by atoms with Crippen molar-refractivity contribution in [1.29, 1.82) is 0 Å². The predicted octanol–water partition coefficient (Wildman–Crippen LogP) is 0.562. The highest BCUT2D eigenvalue weighted by atomic mass is 19.3. The molecule has 86 valence electrons. The summed E-state index contributed by atoms with van der Waals surface area (Å²) in [6, 6.07) is 0. The highest BCUT2D eigenvalue weighted by Gasteiger charge is 2.23. The lowest BCUT2D eigenvalue weighted by Crippen LogP contribution is -2.28. The van der Waals surface area contributed by atoms with Gasteiger partial charge in [-0.25, -0.2) is 0 Å². The second-order valence-electron chi connectivity index (χ2n) is 2.77. The summed E-state index contributed by atoms with van der Waals surface area (Å²) in [6.45, 7) is 2.74. The average molecular weight is 213 g/mol. The summed E-state index contributed by atoms with van der Waals surface area (Å²) >= 11 is 0. The molecule has 14 heavy (non-hydrogen) atoms. The van der Waals surface area contributed by atoms with Crippen molar-refractivity contribution in [2.45, 2.75) is 19.5 Å². The predicted molar refractivity (Wildman–Crippen MR) is 47.1 cm³/mol. The first-order chi connectivity index (χ1) is 6.56. The molecule has 0 spiro atoms. The van der Waals surface area contributed by atoms with Crippen molar-refractivity contribution < 1.29 is 23.4 Å². The number of halogens is 2. The van der Waals surface area contributed by atoms with Gasteiger partial charge in [0.1, 0.15) is 6.61 Å². The van der Waals surface area contributed by atoms with E-state index in [0.717, 1.165) is 6.42 Å². The van der Waals surface area contributed by atoms with Crippen molar-refractivity contribution in [3.8, 4) is 0 Å². The second kappa shape index (κ2) is 8.05. The standard InChI is InChI=1S/C8H17F2NO3/c1-2-4-13-5-3-11-7-14-6-8(9,10)12/h11-12H,2-7H2,1H3. The number of rotatable bonds is 9. The number of alkyl halides is 2. The average Bonchev–Trinajstić information content (AvgIpc) is 2.08. The van der Waals surface area contributed by atoms with E-state index >= 15 is 0 Å². The first-order valence-corrected chi connectivity index (χ1v) is 4.52. The zero-order chi connectivity index (χ0) is 10.9. The Morgan fingerprint density at radius 1 is 1.29 bits per heavy atom. The van der Waals surface area contributed by atoms with E-state index in [1.807, 2.05) is 6.92 Å². The molecule has 0 amide bonds. The van der Waals surface area contributed by atoms with Crippen molar-refractivity contribution in [2.24, 2.45) is 0 Å². The fraction of sp³-hybridized carbons (Fsp3) is 1.00. The van der Waals surface area contributed by atoms with E-state index in [-0.39, 0.29) is 6.73 Å². The highest BCUT2D eigenvalue weighted by Crippen LogP contribution is 2.06. The number of ether oxygens (including phenoxy) is 2. The minimum Gasteiger partial charge on any atom is -0.380 e. The normalized spacial score (nSPS) is 12.0. The first-order valence-electron chi connectivity index (χ1n) is 4.52. The lowest BCUT2D eigenvalue weighted by Gasteiger charge is -2.10. The summed E-state index contributed by atoms with van der Waals surface area (Å²) in [5.74, 6) is 0. The molecule has 2 N–H and O–H groups in total. The van der Waals surface area contributed by atoms with E-state index in [2.05, 4.69) is 10.1 Å². The van der Waals surface area contributed by atoms with E-state index in [1.165, 1.54) is 0 Å². The van der Waals surface area contributed by atoms with Gasteiger partial charge in [0.25, 0.3) is 0 Å². The largest absolute Gasteiger partial charge is 0.380 e. The molecule has 0 unspecified atom stereocenters. The fourth-order valence-corrected chi connectivity index (χ4v) is 0.709. The van der Waals surface area contributed by atoms with Crippen LogP contribution in [0.25, 0.3) is 0 Å². The maximum absolute atomic E-state index is 11.8. The number of nitrogens with one attached hydrogen (secondary N) is 1. The maximum atomic E-state index is 11.8. The van der Waals surface area contributed by atoms with E-state index < -0.39 is 12.7 Å². The van der Waals surface area contributed by atoms with Crippen LogP contribution >= 0.6 is 0 Å². The van der Waals surface area contributed by atoms with Crippen molar-refractivity contribution in [2.75, 3.05) is 33.1 Å². The molecule has 0 aliphatic rings. The van der Waals surface area contributed by atoms with Gasteiger partial charge in [-0.1, -0.05) is 6.92 Å². The molecule has 0 saturated heterocycles. The molecular weight excluding hydrogens is 196 g/mol. The van der Waals surface area contributed by atoms with Crippen molar-refractivity contribution in [3.63, 3.8) is 0 Å². The van der Waals surface area contributed by atoms with Gasteiger partial charge in [-0.3, -0.25) is 5.32 Å². The lowest BCUT2D eigenvalue weighted by molar-refractivity contribution is -0.232. The van der Waals surface area contributed by atoms with Gasteiger partial charge in [0.05, 0.1) is 13.3 Å². The van der Waals surface area contributed by atoms with E-state index in [1.54, 1.807) is 0 Å². The molecule has 0 aromatic heterocycles. The van der Waals surface area contributed by atoms with E-state index in [0.29, 0.717) is 19.8 Å². The molecule has 0 heterocycles. The van der Waals surface area contributed by atoms with Crippen LogP contribution in [0.4, 0.5) is 8.78 Å². The van der Waals surface area contributed by atoms with Gasteiger partial charge >= 0.3 is 6.11 Å². The molecule has 0 fully saturated rings. The Morgan fingerprint density at radius 2 is 2.00 bits per heavy atom. The monoisotopic (exact) mass is 213 g/mol. The Bertz CT molecular complexity index is 130. The molecule has 4 nitrogen and oxygen atoms in total. The molecule has 0 aromatic carbocycles. The molecular formula is C8H17F2NO3. The topological polar surface area (TPSA) is 50.7 Å². The summed E-state index contributed by atoms with van der Waals surface area (Å²) in [7, 11) is 0. The third-order valence-electron chi connectivity index (χ3n) is 1.25. The fourth-order valence-electron chi connectivity index (χ4n) is 0.709. The van der Waals surface area contributed by atoms with E-state index in [4.69, 9.17) is 9.84 Å². The third-order valence-corrected chi connectivity index (χ3v) is 1.25. The Balaban J connectivity index is 2.99. The summed E-state index contributed by atoms with van der Waals surface area (Å²) in [4.78, 5) is 0. The Morgan fingerprint density at radius 3 is 2.57 bits per heavy atom. The molecule has 0 rings (SSSR count). The van der Waals surface area contributed by atoms with Gasteiger partial charge in [-0.05, 0) is 6.42 Å². The molecule has 0 radical (unpaired) electrons. The van der Waals surface area contributed by atoms with Crippen molar-refractivity contribution >= 4 is 0 Å². The molecule has 0 bridgehead atoms. The van der Waals surface area contributed by atoms with Gasteiger partial charge in [0.15, 0.2) is 0 Å². The first kappa shape index (κ1) is 13.7. The molecule has 0 atom stereocenters. The number of hydrogen-bond donors (Lipinski definition) is 2. The molecule has 0 saturated carbocycles. The van der Waals surface area contributed by atoms with E-state index in [9.17, 15) is 8.78 Å². The van der Waals surface area contributed by atoms with Crippen LogP contribution in [0.15, 0.2) is 0 Å². The van der Waals surface area contributed by atoms with Gasteiger partial charge in [0.2, 0.25) is 0 Å². The minimum absolute atomic E-state index is 0.0222. The number of hydrogen-bond acceptors (Lipinski definition) is 4. The molecule has 6 heteroatoms. The van der Waals surface area contributed by atoms with Gasteiger partial charge in [0, 0.05) is 13.2 Å². The zero-order valence-corrected chi connectivity index (χ0v) is 8.26. The van der Waals surface area contributed by atoms with Gasteiger partial charge < -0.3 is 14.6 Å². The van der Waals surface area contributed by atoms with Crippen LogP contribution < -0.4 is 5.32 Å². The summed E-state index contributed by atoms with van der Waals surface area (Å²) in [5.41, 5.74) is 0. The number of aliphatic hydroxyl groups is 1. The summed E-state index contributed by atoms with van der Waals surface area (Å²) in [5, 5.41) is 10.7. The van der Waals surface area contributed by atoms with Crippen molar-refractivity contribution in [1.82, 2.24) is 5.32 Å². The van der Waals surface area contributed by atoms with Crippen LogP contribution in [0, 0.1) is 0 Å². The molecule has 0 aliphatic carbocycles.